The van der Waals surface area contributed by atoms with Crippen molar-refractivity contribution in [2.24, 2.45) is 0 Å². The molecule has 0 unspecified atom stereocenters. The van der Waals surface area contributed by atoms with Gasteiger partial charge in [-0.15, -0.1) is 5.53 Å². The van der Waals surface area contributed by atoms with E-state index in [4.69, 9.17) is 4.74 Å². The number of nitrogens with one attached hydrogen (secondary N) is 1. The van der Waals surface area contributed by atoms with E-state index >= 15 is 0 Å². The van der Waals surface area contributed by atoms with Crippen molar-refractivity contribution >= 4 is 27.5 Å². The van der Waals surface area contributed by atoms with Crippen molar-refractivity contribution < 1.29 is 4.74 Å². The van der Waals surface area contributed by atoms with E-state index in [0.29, 0.717) is 0 Å². The highest BCUT2D eigenvalue weighted by Crippen LogP contribution is 2.37. The number of pyridine rings is 1. The molecule has 0 bridgehead atoms. The van der Waals surface area contributed by atoms with Crippen molar-refractivity contribution in [3.05, 3.63) is 103 Å². The second-order valence-electron chi connectivity index (χ2n) is 10.2. The average molecular weight is 476 g/mol. The van der Waals surface area contributed by atoms with Crippen molar-refractivity contribution in [2.75, 3.05) is 12.1 Å². The van der Waals surface area contributed by atoms with Gasteiger partial charge in [-0.25, -0.2) is 4.98 Å². The van der Waals surface area contributed by atoms with Gasteiger partial charge in [0.15, 0.2) is 0 Å². The van der Waals surface area contributed by atoms with Gasteiger partial charge in [-0.2, -0.15) is 0 Å². The Labute approximate surface area is 211 Å². The van der Waals surface area contributed by atoms with Crippen LogP contribution in [0.5, 0.6) is 11.5 Å². The number of benzene rings is 3. The first-order chi connectivity index (χ1) is 17.4. The summed E-state index contributed by atoms with van der Waals surface area (Å²) in [4.78, 5) is 4.67. The first-order valence-electron chi connectivity index (χ1n) is 12.1. The van der Waals surface area contributed by atoms with Crippen LogP contribution in [0.1, 0.15) is 26.3 Å². The Bertz CT molecular complexity index is 1600. The molecule has 2 aromatic heterocycles. The zero-order chi connectivity index (χ0) is 24.9. The van der Waals surface area contributed by atoms with E-state index in [0.717, 1.165) is 34.0 Å². The molecule has 0 saturated carbocycles. The second kappa shape index (κ2) is 8.43. The molecule has 5 aromatic rings. The van der Waals surface area contributed by atoms with Gasteiger partial charge in [-0.05, 0) is 59.5 Å². The van der Waals surface area contributed by atoms with Crippen LogP contribution < -0.4 is 15.3 Å². The van der Waals surface area contributed by atoms with Crippen LogP contribution in [0.2, 0.25) is 0 Å². The largest absolute Gasteiger partial charge is 0.457 e. The molecule has 0 spiro atoms. The first kappa shape index (κ1) is 22.2. The summed E-state index contributed by atoms with van der Waals surface area (Å²) in [6.07, 6.45) is 5.77. The number of anilines is 1. The highest BCUT2D eigenvalue weighted by molar-refractivity contribution is 6.09. The summed E-state index contributed by atoms with van der Waals surface area (Å²) in [7, 11) is 1.96. The van der Waals surface area contributed by atoms with Gasteiger partial charge in [0.1, 0.15) is 17.3 Å². The summed E-state index contributed by atoms with van der Waals surface area (Å²) in [5.74, 6) is 2.43. The molecule has 6 nitrogen and oxygen atoms in total. The van der Waals surface area contributed by atoms with E-state index in [2.05, 4.69) is 66.2 Å². The molecule has 3 aromatic carbocycles. The summed E-state index contributed by atoms with van der Waals surface area (Å²) in [5, 5.41) is 6.23. The van der Waals surface area contributed by atoms with Crippen molar-refractivity contribution in [2.45, 2.75) is 26.2 Å². The number of aromatic nitrogens is 2. The van der Waals surface area contributed by atoms with Crippen LogP contribution in [0.15, 0.2) is 97.5 Å². The molecule has 0 atom stereocenters. The maximum absolute atomic E-state index is 6.35. The minimum absolute atomic E-state index is 0.0653. The third-order valence-corrected chi connectivity index (χ3v) is 6.52. The molecule has 0 fully saturated rings. The molecular formula is C30H29N5O. The van der Waals surface area contributed by atoms with Gasteiger partial charge in [0, 0.05) is 48.5 Å². The van der Waals surface area contributed by atoms with Crippen LogP contribution in [0.3, 0.4) is 0 Å². The zero-order valence-electron chi connectivity index (χ0n) is 20.9. The number of hydrogen-bond acceptors (Lipinski definition) is 5. The van der Waals surface area contributed by atoms with Gasteiger partial charge >= 0.3 is 0 Å². The lowest BCUT2D eigenvalue weighted by molar-refractivity contribution is 0.358. The van der Waals surface area contributed by atoms with Gasteiger partial charge in [-0.3, -0.25) is 14.6 Å². The van der Waals surface area contributed by atoms with Crippen LogP contribution in [0, 0.1) is 0 Å². The van der Waals surface area contributed by atoms with E-state index in [1.165, 1.54) is 16.3 Å². The third-order valence-electron chi connectivity index (χ3n) is 6.52. The summed E-state index contributed by atoms with van der Waals surface area (Å²) in [6, 6.07) is 27.1. The van der Waals surface area contributed by atoms with Gasteiger partial charge in [0.05, 0.1) is 16.7 Å². The standard InChI is InChI=1S/C30H29N5O/c1-30(2,3)21-11-14-27-26(18-21)25-13-12-24(20-28(25)35(27)29-10-5-6-15-31-29)36-23-9-7-8-22(19-23)34-17-16-33(4)32-34/h5-20,32H,1-4H3. The maximum Gasteiger partial charge on any atom is 0.137 e. The smallest absolute Gasteiger partial charge is 0.137 e. The number of hydrogen-bond donors (Lipinski definition) is 1. The third kappa shape index (κ3) is 3.95. The molecule has 0 aliphatic carbocycles. The molecule has 36 heavy (non-hydrogen) atoms. The minimum atomic E-state index is 0.0653. The summed E-state index contributed by atoms with van der Waals surface area (Å²) < 4.78 is 8.57. The van der Waals surface area contributed by atoms with Crippen LogP contribution >= 0.6 is 0 Å². The van der Waals surface area contributed by atoms with Crippen molar-refractivity contribution in [3.8, 4) is 17.3 Å². The Kier molecular flexibility index (Phi) is 5.20. The zero-order valence-corrected chi connectivity index (χ0v) is 20.9. The maximum atomic E-state index is 6.35. The van der Waals surface area contributed by atoms with Crippen LogP contribution in [0.4, 0.5) is 5.69 Å². The Hall–Kier alpha value is -4.29. The van der Waals surface area contributed by atoms with Crippen molar-refractivity contribution in [3.63, 3.8) is 0 Å². The van der Waals surface area contributed by atoms with Gasteiger partial charge in [0.2, 0.25) is 0 Å². The highest BCUT2D eigenvalue weighted by atomic mass is 16.5. The fraction of sp³-hybridized carbons (Fsp3) is 0.167. The van der Waals surface area contributed by atoms with E-state index in [1.54, 1.807) is 0 Å². The van der Waals surface area contributed by atoms with E-state index < -0.39 is 0 Å². The quantitative estimate of drug-likeness (QED) is 0.306. The molecule has 3 heterocycles. The topological polar surface area (TPSA) is 45.6 Å². The molecule has 1 N–H and O–H groups in total. The average Bonchev–Trinajstić information content (AvgIpc) is 3.45. The van der Waals surface area contributed by atoms with Crippen molar-refractivity contribution in [1.82, 2.24) is 20.1 Å². The van der Waals surface area contributed by atoms with Gasteiger partial charge in [-0.1, -0.05) is 39.0 Å². The molecule has 6 heteroatoms. The Balaban J connectivity index is 1.46. The molecule has 0 radical (unpaired) electrons. The molecule has 180 valence electrons. The van der Waals surface area contributed by atoms with E-state index in [-0.39, 0.29) is 5.41 Å². The monoisotopic (exact) mass is 475 g/mol. The Morgan fingerprint density at radius 2 is 1.64 bits per heavy atom. The molecule has 1 aliphatic rings. The Morgan fingerprint density at radius 3 is 2.39 bits per heavy atom. The fourth-order valence-electron chi connectivity index (χ4n) is 4.64. The number of fused-ring (bicyclic) bond motifs is 3. The predicted octanol–water partition coefficient (Wildman–Crippen LogP) is 6.91. The lowest BCUT2D eigenvalue weighted by atomic mass is 9.86. The number of ether oxygens (including phenoxy) is 1. The van der Waals surface area contributed by atoms with E-state index in [9.17, 15) is 0 Å². The summed E-state index contributed by atoms with van der Waals surface area (Å²) in [5.41, 5.74) is 7.79. The molecule has 0 saturated heterocycles. The predicted molar refractivity (Wildman–Crippen MR) is 146 cm³/mol. The fourth-order valence-corrected chi connectivity index (χ4v) is 4.64. The number of nitrogens with zero attached hydrogens (tertiary/aromatic N) is 4. The second-order valence-corrected chi connectivity index (χ2v) is 10.2. The normalized spacial score (nSPS) is 13.8. The molecule has 6 rings (SSSR count). The lowest BCUT2D eigenvalue weighted by Gasteiger charge is -2.20. The van der Waals surface area contributed by atoms with Gasteiger partial charge in [0.25, 0.3) is 0 Å². The summed E-state index contributed by atoms with van der Waals surface area (Å²) >= 11 is 0. The number of rotatable bonds is 4. The number of hydrazine groups is 2. The highest BCUT2D eigenvalue weighted by Gasteiger charge is 2.19. The molecule has 0 amide bonds. The van der Waals surface area contributed by atoms with Crippen molar-refractivity contribution in [1.29, 1.82) is 0 Å². The lowest BCUT2D eigenvalue weighted by Crippen LogP contribution is -2.36. The Morgan fingerprint density at radius 1 is 0.778 bits per heavy atom. The first-order valence-corrected chi connectivity index (χ1v) is 12.1. The van der Waals surface area contributed by atoms with Crippen LogP contribution in [-0.2, 0) is 5.41 Å². The van der Waals surface area contributed by atoms with E-state index in [1.807, 2.05) is 84.2 Å². The molecule has 1 aliphatic heterocycles. The van der Waals surface area contributed by atoms with Crippen LogP contribution in [-0.4, -0.2) is 21.6 Å². The molecular weight excluding hydrogens is 446 g/mol. The van der Waals surface area contributed by atoms with Gasteiger partial charge < -0.3 is 4.74 Å². The van der Waals surface area contributed by atoms with Crippen LogP contribution in [0.25, 0.3) is 27.6 Å². The minimum Gasteiger partial charge on any atom is -0.457 e. The SMILES string of the molecule is CN1C=CN(c2cccc(Oc3ccc4c5cc(C(C)(C)C)ccc5n(-c5ccccn5)c4c3)c2)N1. The summed E-state index contributed by atoms with van der Waals surface area (Å²) in [6.45, 7) is 6.74.